The predicted octanol–water partition coefficient (Wildman–Crippen LogP) is 2.92. The molecule has 98 valence electrons. The molecule has 0 saturated heterocycles. The molecule has 4 heteroatoms. The number of hydrogen-bond acceptors (Lipinski definition) is 3. The van der Waals surface area contributed by atoms with E-state index in [-0.39, 0.29) is 6.10 Å². The van der Waals surface area contributed by atoms with Crippen LogP contribution in [0.25, 0.3) is 0 Å². The fourth-order valence-corrected chi connectivity index (χ4v) is 2.86. The lowest BCUT2D eigenvalue weighted by Gasteiger charge is -2.31. The molecule has 0 spiro atoms. The summed E-state index contributed by atoms with van der Waals surface area (Å²) in [5, 5.41) is 0. The summed E-state index contributed by atoms with van der Waals surface area (Å²) in [6, 6.07) is 3.71. The van der Waals surface area contributed by atoms with Crippen molar-refractivity contribution in [3.05, 3.63) is 23.9 Å². The molecule has 1 heterocycles. The number of thiocarbonyl (C=S) groups is 1. The standard InChI is InChI=1S/C14H20N2OS/c1-9-5-10(2)7-12(6-9)17-13-4-3-11(8-16-13)14(15)18/h3-4,8-10,12H,5-7H2,1-2H3,(H2,15,18). The first-order valence-electron chi connectivity index (χ1n) is 6.47. The van der Waals surface area contributed by atoms with E-state index in [2.05, 4.69) is 18.8 Å². The van der Waals surface area contributed by atoms with Gasteiger partial charge in [0.25, 0.3) is 0 Å². The molecule has 2 unspecified atom stereocenters. The zero-order valence-corrected chi connectivity index (χ0v) is 11.7. The van der Waals surface area contributed by atoms with Crippen molar-refractivity contribution >= 4 is 17.2 Å². The Morgan fingerprint density at radius 2 is 1.94 bits per heavy atom. The van der Waals surface area contributed by atoms with E-state index >= 15 is 0 Å². The quantitative estimate of drug-likeness (QED) is 0.853. The molecule has 0 aromatic carbocycles. The first-order chi connectivity index (χ1) is 8.54. The molecule has 1 aliphatic rings. The summed E-state index contributed by atoms with van der Waals surface area (Å²) in [6.45, 7) is 4.57. The molecule has 1 fully saturated rings. The molecular weight excluding hydrogens is 244 g/mol. The molecule has 1 aromatic rings. The van der Waals surface area contributed by atoms with Gasteiger partial charge in [0.2, 0.25) is 5.88 Å². The Labute approximate surface area is 114 Å². The highest BCUT2D eigenvalue weighted by Crippen LogP contribution is 2.30. The van der Waals surface area contributed by atoms with Gasteiger partial charge in [0.1, 0.15) is 11.1 Å². The van der Waals surface area contributed by atoms with Crippen LogP contribution in [0.4, 0.5) is 0 Å². The Balaban J connectivity index is 1.98. The average molecular weight is 264 g/mol. The van der Waals surface area contributed by atoms with Crippen LogP contribution >= 0.6 is 12.2 Å². The number of rotatable bonds is 3. The lowest BCUT2D eigenvalue weighted by atomic mass is 9.82. The van der Waals surface area contributed by atoms with Crippen molar-refractivity contribution in [1.82, 2.24) is 4.98 Å². The van der Waals surface area contributed by atoms with Crippen LogP contribution in [0.2, 0.25) is 0 Å². The molecule has 1 aliphatic carbocycles. The smallest absolute Gasteiger partial charge is 0.213 e. The molecule has 1 saturated carbocycles. The molecule has 1 aromatic heterocycles. The van der Waals surface area contributed by atoms with Gasteiger partial charge >= 0.3 is 0 Å². The highest BCUT2D eigenvalue weighted by molar-refractivity contribution is 7.80. The molecule has 0 amide bonds. The maximum atomic E-state index is 5.94. The van der Waals surface area contributed by atoms with E-state index in [4.69, 9.17) is 22.7 Å². The summed E-state index contributed by atoms with van der Waals surface area (Å²) in [4.78, 5) is 4.62. The van der Waals surface area contributed by atoms with Gasteiger partial charge in [0.15, 0.2) is 0 Å². The summed E-state index contributed by atoms with van der Waals surface area (Å²) in [6.07, 6.45) is 5.49. The van der Waals surface area contributed by atoms with Crippen LogP contribution in [0.15, 0.2) is 18.3 Å². The largest absolute Gasteiger partial charge is 0.474 e. The van der Waals surface area contributed by atoms with E-state index in [1.807, 2.05) is 12.1 Å². The molecule has 18 heavy (non-hydrogen) atoms. The van der Waals surface area contributed by atoms with Crippen molar-refractivity contribution in [1.29, 1.82) is 0 Å². The zero-order chi connectivity index (χ0) is 13.1. The summed E-state index contributed by atoms with van der Waals surface area (Å²) in [7, 11) is 0. The van der Waals surface area contributed by atoms with Crippen molar-refractivity contribution in [3.8, 4) is 5.88 Å². The third-order valence-corrected chi connectivity index (χ3v) is 3.68. The molecule has 0 radical (unpaired) electrons. The number of nitrogens with zero attached hydrogens (tertiary/aromatic N) is 1. The molecule has 2 N–H and O–H groups in total. The number of hydrogen-bond donors (Lipinski definition) is 1. The lowest BCUT2D eigenvalue weighted by molar-refractivity contribution is 0.0967. The van der Waals surface area contributed by atoms with E-state index in [9.17, 15) is 0 Å². The van der Waals surface area contributed by atoms with Gasteiger partial charge < -0.3 is 10.5 Å². The van der Waals surface area contributed by atoms with Gasteiger partial charge in [0, 0.05) is 17.8 Å². The first kappa shape index (κ1) is 13.3. The maximum Gasteiger partial charge on any atom is 0.213 e. The van der Waals surface area contributed by atoms with Crippen LogP contribution in [-0.4, -0.2) is 16.1 Å². The van der Waals surface area contributed by atoms with Gasteiger partial charge in [-0.1, -0.05) is 26.1 Å². The van der Waals surface area contributed by atoms with Gasteiger partial charge in [-0.15, -0.1) is 0 Å². The van der Waals surface area contributed by atoms with Crippen LogP contribution in [0.5, 0.6) is 5.88 Å². The van der Waals surface area contributed by atoms with Gasteiger partial charge in [-0.05, 0) is 37.2 Å². The lowest BCUT2D eigenvalue weighted by Crippen LogP contribution is -2.28. The van der Waals surface area contributed by atoms with Crippen molar-refractivity contribution in [2.45, 2.75) is 39.2 Å². The van der Waals surface area contributed by atoms with Gasteiger partial charge in [0.05, 0.1) is 0 Å². The van der Waals surface area contributed by atoms with Crippen LogP contribution in [0, 0.1) is 11.8 Å². The Bertz CT molecular complexity index is 408. The number of pyridine rings is 1. The first-order valence-corrected chi connectivity index (χ1v) is 6.88. The highest BCUT2D eigenvalue weighted by atomic mass is 32.1. The minimum absolute atomic E-state index is 0.284. The highest BCUT2D eigenvalue weighted by Gasteiger charge is 2.25. The summed E-state index contributed by atoms with van der Waals surface area (Å²) < 4.78 is 5.94. The van der Waals surface area contributed by atoms with Gasteiger partial charge in [-0.25, -0.2) is 4.98 Å². The van der Waals surface area contributed by atoms with Crippen LogP contribution in [0.3, 0.4) is 0 Å². The average Bonchev–Trinajstić information content (AvgIpc) is 2.28. The third-order valence-electron chi connectivity index (χ3n) is 3.44. The minimum atomic E-state index is 0.284. The summed E-state index contributed by atoms with van der Waals surface area (Å²) >= 11 is 4.89. The topological polar surface area (TPSA) is 48.1 Å². The zero-order valence-electron chi connectivity index (χ0n) is 10.9. The Morgan fingerprint density at radius 3 is 2.44 bits per heavy atom. The molecular formula is C14H20N2OS. The Kier molecular flexibility index (Phi) is 4.17. The third kappa shape index (κ3) is 3.42. The van der Waals surface area contributed by atoms with E-state index in [0.29, 0.717) is 10.9 Å². The van der Waals surface area contributed by atoms with Gasteiger partial charge in [-0.3, -0.25) is 0 Å². The van der Waals surface area contributed by atoms with Crippen LogP contribution < -0.4 is 10.5 Å². The maximum absolute atomic E-state index is 5.94. The van der Waals surface area contributed by atoms with Crippen LogP contribution in [0.1, 0.15) is 38.7 Å². The van der Waals surface area contributed by atoms with E-state index in [1.165, 1.54) is 6.42 Å². The monoisotopic (exact) mass is 264 g/mol. The predicted molar refractivity (Wildman–Crippen MR) is 76.7 cm³/mol. The molecule has 0 bridgehead atoms. The van der Waals surface area contributed by atoms with Crippen molar-refractivity contribution in [3.63, 3.8) is 0 Å². The fraction of sp³-hybridized carbons (Fsp3) is 0.571. The molecule has 2 atom stereocenters. The van der Waals surface area contributed by atoms with Crippen molar-refractivity contribution in [2.24, 2.45) is 17.6 Å². The van der Waals surface area contributed by atoms with Gasteiger partial charge in [-0.2, -0.15) is 0 Å². The Hall–Kier alpha value is -1.16. The summed E-state index contributed by atoms with van der Waals surface area (Å²) in [5.41, 5.74) is 6.32. The summed E-state index contributed by atoms with van der Waals surface area (Å²) in [5.74, 6) is 2.13. The van der Waals surface area contributed by atoms with Crippen LogP contribution in [-0.2, 0) is 0 Å². The molecule has 0 aliphatic heterocycles. The van der Waals surface area contributed by atoms with Crippen molar-refractivity contribution in [2.75, 3.05) is 0 Å². The second-order valence-electron chi connectivity index (χ2n) is 5.41. The second-order valence-corrected chi connectivity index (χ2v) is 5.85. The number of aromatic nitrogens is 1. The number of nitrogens with two attached hydrogens (primary N) is 1. The van der Waals surface area contributed by atoms with E-state index in [1.54, 1.807) is 6.20 Å². The van der Waals surface area contributed by atoms with E-state index in [0.717, 1.165) is 30.2 Å². The number of ether oxygens (including phenoxy) is 1. The fourth-order valence-electron chi connectivity index (χ4n) is 2.74. The molecule has 3 nitrogen and oxygen atoms in total. The normalized spacial score (nSPS) is 27.8. The molecule has 2 rings (SSSR count). The Morgan fingerprint density at radius 1 is 1.28 bits per heavy atom. The second kappa shape index (κ2) is 5.65. The SMILES string of the molecule is CC1CC(C)CC(Oc2ccc(C(N)=S)cn2)C1. The van der Waals surface area contributed by atoms with E-state index < -0.39 is 0 Å². The minimum Gasteiger partial charge on any atom is -0.474 e. The van der Waals surface area contributed by atoms with Crippen molar-refractivity contribution < 1.29 is 4.74 Å².